The van der Waals surface area contributed by atoms with Crippen molar-refractivity contribution in [3.63, 3.8) is 0 Å². The van der Waals surface area contributed by atoms with Crippen molar-refractivity contribution >= 4 is 47.8 Å². The molecule has 1 radical (unpaired) electrons. The first-order chi connectivity index (χ1) is 17.2. The summed E-state index contributed by atoms with van der Waals surface area (Å²) < 4.78 is 3.77. The van der Waals surface area contributed by atoms with E-state index in [-0.39, 0.29) is 0 Å². The number of benzene rings is 4. The van der Waals surface area contributed by atoms with Crippen molar-refractivity contribution in [2.75, 3.05) is 11.5 Å². The Balaban J connectivity index is 0.000000229. The van der Waals surface area contributed by atoms with E-state index in [0.717, 1.165) is 32.5 Å². The number of nitrogen functional groups attached to an aromatic ring is 2. The van der Waals surface area contributed by atoms with E-state index in [1.807, 2.05) is 36.4 Å². The molecule has 0 fully saturated rings. The van der Waals surface area contributed by atoms with E-state index in [9.17, 15) is 0 Å². The molecule has 0 aliphatic rings. The standard InChI is InChI=1S/C15H16BrN.C15H17N.BHNS/c1-10(2)13-8-12(16)9-14(15(13)17)11-6-4-3-5-7-11;1-11(2)13-9-6-10-14(15(13)16)12-7-4-3-5-8-12;1-2-3/h3-10H,17H2,1-2H3;3-11H,16H2,1-2H3;3H. The van der Waals surface area contributed by atoms with Crippen LogP contribution < -0.4 is 11.5 Å². The van der Waals surface area contributed by atoms with Crippen molar-refractivity contribution in [1.82, 2.24) is 0 Å². The van der Waals surface area contributed by atoms with Crippen LogP contribution in [-0.2, 0) is 0 Å². The number of nitrogens with two attached hydrogens (primary N) is 2. The summed E-state index contributed by atoms with van der Waals surface area (Å²) in [5, 5.41) is 0. The summed E-state index contributed by atoms with van der Waals surface area (Å²) in [6.45, 7) is 8.65. The second-order valence-electron chi connectivity index (χ2n) is 8.92. The Morgan fingerprint density at radius 1 is 0.667 bits per heavy atom. The van der Waals surface area contributed by atoms with Gasteiger partial charge in [0.1, 0.15) is 0 Å². The van der Waals surface area contributed by atoms with Crippen LogP contribution in [0.3, 0.4) is 0 Å². The number of halogens is 1. The molecule has 0 unspecified atom stereocenters. The molecule has 0 spiro atoms. The molecule has 185 valence electrons. The third-order valence-electron chi connectivity index (χ3n) is 5.73. The van der Waals surface area contributed by atoms with Gasteiger partial charge in [0.2, 0.25) is 0 Å². The fourth-order valence-corrected chi connectivity index (χ4v) is 4.40. The predicted octanol–water partition coefficient (Wildman–Crippen LogP) is 9.06. The van der Waals surface area contributed by atoms with Crippen LogP contribution in [0.4, 0.5) is 11.4 Å². The molecule has 0 amide bonds. The van der Waals surface area contributed by atoms with Crippen LogP contribution in [-0.4, -0.2) is 7.64 Å². The zero-order chi connectivity index (χ0) is 26.7. The first kappa shape index (κ1) is 29.4. The Morgan fingerprint density at radius 2 is 1.11 bits per heavy atom. The number of hydrogen-bond donors (Lipinski definition) is 3. The molecule has 0 atom stereocenters. The third-order valence-corrected chi connectivity index (χ3v) is 6.19. The molecular weight excluding hydrogens is 525 g/mol. The SMILES string of the molecule is CC(C)c1cc(Br)cc(-c2ccccc2)c1N.CC(C)c1cccc(-c2ccccc2)c1N.[B]=NS. The van der Waals surface area contributed by atoms with Crippen LogP contribution in [0.2, 0.25) is 0 Å². The molecule has 0 heterocycles. The fraction of sp³-hybridized carbons (Fsp3) is 0.200. The Labute approximate surface area is 231 Å². The zero-order valence-corrected chi connectivity index (χ0v) is 23.8. The summed E-state index contributed by atoms with van der Waals surface area (Å²) in [6.07, 6.45) is 0. The molecule has 3 nitrogen and oxygen atoms in total. The van der Waals surface area contributed by atoms with Gasteiger partial charge in [0, 0.05) is 27.0 Å². The summed E-state index contributed by atoms with van der Waals surface area (Å²) in [7, 11) is 4.34. The van der Waals surface area contributed by atoms with E-state index in [0.29, 0.717) is 11.8 Å². The van der Waals surface area contributed by atoms with Crippen LogP contribution in [0, 0.1) is 0 Å². The maximum atomic E-state index is 6.26. The minimum absolute atomic E-state index is 0.426. The van der Waals surface area contributed by atoms with Gasteiger partial charge >= 0.3 is 24.8 Å². The molecule has 4 N–H and O–H groups in total. The van der Waals surface area contributed by atoms with Gasteiger partial charge in [-0.05, 0) is 46.2 Å². The van der Waals surface area contributed by atoms with Gasteiger partial charge in [-0.2, -0.15) is 0 Å². The second kappa shape index (κ2) is 14.7. The number of hydrogen-bond acceptors (Lipinski definition) is 4. The molecule has 4 rings (SSSR count). The molecule has 6 heteroatoms. The van der Waals surface area contributed by atoms with E-state index >= 15 is 0 Å². The Kier molecular flexibility index (Phi) is 12.0. The minimum atomic E-state index is 0.426. The molecule has 0 aliphatic heterocycles. The van der Waals surface area contributed by atoms with Gasteiger partial charge in [-0.25, -0.2) is 0 Å². The second-order valence-corrected chi connectivity index (χ2v) is 10.1. The first-order valence-corrected chi connectivity index (χ1v) is 13.0. The van der Waals surface area contributed by atoms with Crippen LogP contribution in [0.5, 0.6) is 0 Å². The van der Waals surface area contributed by atoms with E-state index in [4.69, 9.17) is 11.5 Å². The number of rotatable bonds is 4. The average Bonchev–Trinajstić information content (AvgIpc) is 2.87. The van der Waals surface area contributed by atoms with Gasteiger partial charge in [-0.15, -0.1) is 0 Å². The summed E-state index contributed by atoms with van der Waals surface area (Å²) in [5.41, 5.74) is 21.3. The van der Waals surface area contributed by atoms with Gasteiger partial charge in [-0.3, -0.25) is 0 Å². The molecule has 0 bridgehead atoms. The van der Waals surface area contributed by atoms with Crippen molar-refractivity contribution in [2.45, 2.75) is 39.5 Å². The number of thiol groups is 1. The third kappa shape index (κ3) is 8.11. The van der Waals surface area contributed by atoms with Crippen molar-refractivity contribution in [1.29, 1.82) is 0 Å². The number of nitrogens with zero attached hydrogens (tertiary/aromatic N) is 1. The van der Waals surface area contributed by atoms with E-state index in [2.05, 4.69) is 123 Å². The molecule has 0 saturated carbocycles. The average molecular weight is 559 g/mol. The van der Waals surface area contributed by atoms with Crippen molar-refractivity contribution in [3.05, 3.63) is 107 Å². The summed E-state index contributed by atoms with van der Waals surface area (Å²) in [4.78, 5) is 0. The van der Waals surface area contributed by atoms with Crippen LogP contribution >= 0.6 is 28.7 Å². The molecule has 4 aromatic carbocycles. The van der Waals surface area contributed by atoms with E-state index in [1.54, 1.807) is 0 Å². The zero-order valence-electron chi connectivity index (χ0n) is 21.3. The molecule has 36 heavy (non-hydrogen) atoms. The van der Waals surface area contributed by atoms with Crippen molar-refractivity contribution < 1.29 is 0 Å². The van der Waals surface area contributed by atoms with Gasteiger partial charge in [0.25, 0.3) is 0 Å². The Hall–Kier alpha value is -2.83. The maximum absolute atomic E-state index is 6.26. The Morgan fingerprint density at radius 3 is 1.58 bits per heavy atom. The van der Waals surface area contributed by atoms with Gasteiger partial charge in [0.05, 0.1) is 0 Å². The topological polar surface area (TPSA) is 64.4 Å². The monoisotopic (exact) mass is 558 g/mol. The molecule has 0 aromatic heterocycles. The van der Waals surface area contributed by atoms with Crippen LogP contribution in [0.25, 0.3) is 22.3 Å². The number of para-hydroxylation sites is 1. The van der Waals surface area contributed by atoms with Crippen LogP contribution in [0.15, 0.2) is 99.8 Å². The molecule has 0 saturated heterocycles. The molecule has 4 aromatic rings. The van der Waals surface area contributed by atoms with Gasteiger partial charge in [-0.1, -0.05) is 122 Å². The van der Waals surface area contributed by atoms with Crippen LogP contribution in [0.1, 0.15) is 50.7 Å². The quantitative estimate of drug-likeness (QED) is 0.133. The molecular formula is C30H34BBrN3S. The predicted molar refractivity (Wildman–Crippen MR) is 166 cm³/mol. The summed E-state index contributed by atoms with van der Waals surface area (Å²) >= 11 is 6.75. The molecule has 0 aliphatic carbocycles. The van der Waals surface area contributed by atoms with Crippen molar-refractivity contribution in [3.8, 4) is 22.3 Å². The van der Waals surface area contributed by atoms with Gasteiger partial charge < -0.3 is 11.5 Å². The van der Waals surface area contributed by atoms with E-state index in [1.165, 1.54) is 16.7 Å². The first-order valence-electron chi connectivity index (χ1n) is 11.8. The van der Waals surface area contributed by atoms with Gasteiger partial charge in [0.15, 0.2) is 0 Å². The Bertz CT molecular complexity index is 1250. The fourth-order valence-electron chi connectivity index (χ4n) is 3.93. The number of anilines is 2. The summed E-state index contributed by atoms with van der Waals surface area (Å²) in [5.74, 6) is 0.888. The van der Waals surface area contributed by atoms with E-state index < -0.39 is 0 Å². The summed E-state index contributed by atoms with van der Waals surface area (Å²) in [6, 6.07) is 31.0. The normalized spacial score (nSPS) is 10.2. The van der Waals surface area contributed by atoms with Crippen molar-refractivity contribution in [2.24, 2.45) is 4.30 Å².